The van der Waals surface area contributed by atoms with Gasteiger partial charge in [-0.3, -0.25) is 4.79 Å². The molecule has 1 aromatic heterocycles. The highest BCUT2D eigenvalue weighted by Gasteiger charge is 2.29. The smallest absolute Gasteiger partial charge is 0.231 e. The van der Waals surface area contributed by atoms with Gasteiger partial charge in [-0.25, -0.2) is 0 Å². The first-order valence-electron chi connectivity index (χ1n) is 8.33. The topological polar surface area (TPSA) is 78.3 Å². The summed E-state index contributed by atoms with van der Waals surface area (Å²) in [5.41, 5.74) is 0.984. The minimum absolute atomic E-state index is 0.0360. The van der Waals surface area contributed by atoms with Crippen LogP contribution in [0.2, 0.25) is 0 Å². The van der Waals surface area contributed by atoms with Gasteiger partial charge in [0.1, 0.15) is 5.82 Å². The van der Waals surface area contributed by atoms with Crippen molar-refractivity contribution < 1.29 is 14.3 Å². The maximum Gasteiger partial charge on any atom is 0.231 e. The number of ether oxygens (including phenoxy) is 2. The highest BCUT2D eigenvalue weighted by molar-refractivity contribution is 7.99. The number of aromatic nitrogens is 3. The molecule has 7 nitrogen and oxygen atoms in total. The van der Waals surface area contributed by atoms with Crippen molar-refractivity contribution in [2.75, 3.05) is 12.5 Å². The number of amides is 1. The number of thioether (sulfide) groups is 1. The van der Waals surface area contributed by atoms with Crippen LogP contribution in [0, 0.1) is 0 Å². The number of carbonyl (C=O) groups excluding carboxylic acids is 1. The molecular formula is C17H20N4O3S. The van der Waals surface area contributed by atoms with Crippen molar-refractivity contribution in [1.29, 1.82) is 0 Å². The van der Waals surface area contributed by atoms with E-state index in [1.165, 1.54) is 24.6 Å². The molecule has 25 heavy (non-hydrogen) atoms. The van der Waals surface area contributed by atoms with Crippen LogP contribution in [0.4, 0.5) is 0 Å². The zero-order valence-corrected chi connectivity index (χ0v) is 15.0. The summed E-state index contributed by atoms with van der Waals surface area (Å²) in [6, 6.07) is 5.61. The van der Waals surface area contributed by atoms with Crippen molar-refractivity contribution in [3.63, 3.8) is 0 Å². The van der Waals surface area contributed by atoms with Crippen LogP contribution in [-0.4, -0.2) is 33.2 Å². The van der Waals surface area contributed by atoms with Crippen LogP contribution in [0.15, 0.2) is 23.4 Å². The Hall–Kier alpha value is -2.22. The molecule has 1 amide bonds. The third kappa shape index (κ3) is 3.44. The van der Waals surface area contributed by atoms with E-state index in [-0.39, 0.29) is 18.7 Å². The van der Waals surface area contributed by atoms with Crippen molar-refractivity contribution >= 4 is 17.7 Å². The number of carbonyl (C=O) groups is 1. The first kappa shape index (κ1) is 16.3. The third-order valence-electron chi connectivity index (χ3n) is 4.42. The molecule has 8 heteroatoms. The van der Waals surface area contributed by atoms with Gasteiger partial charge in [-0.2, -0.15) is 0 Å². The summed E-state index contributed by atoms with van der Waals surface area (Å²) < 4.78 is 12.7. The fraction of sp³-hybridized carbons (Fsp3) is 0.471. The Morgan fingerprint density at radius 2 is 2.16 bits per heavy atom. The molecule has 1 fully saturated rings. The molecule has 0 radical (unpaired) electrons. The molecule has 2 aromatic rings. The molecule has 0 bridgehead atoms. The van der Waals surface area contributed by atoms with E-state index < -0.39 is 0 Å². The van der Waals surface area contributed by atoms with Crippen molar-refractivity contribution in [1.82, 2.24) is 20.1 Å². The van der Waals surface area contributed by atoms with Crippen LogP contribution in [0.3, 0.4) is 0 Å². The van der Waals surface area contributed by atoms with Crippen LogP contribution in [0.5, 0.6) is 11.5 Å². The Labute approximate surface area is 150 Å². The minimum atomic E-state index is -0.107. The molecule has 0 spiro atoms. The van der Waals surface area contributed by atoms with Crippen LogP contribution in [0.25, 0.3) is 0 Å². The summed E-state index contributed by atoms with van der Waals surface area (Å²) >= 11 is 1.41. The van der Waals surface area contributed by atoms with Crippen molar-refractivity contribution in [2.45, 2.75) is 36.9 Å². The molecule has 2 heterocycles. The molecule has 0 unspecified atom stereocenters. The van der Waals surface area contributed by atoms with Gasteiger partial charge in [0.05, 0.1) is 11.8 Å². The number of hydrogen-bond donors (Lipinski definition) is 1. The van der Waals surface area contributed by atoms with Gasteiger partial charge in [0, 0.05) is 13.0 Å². The quantitative estimate of drug-likeness (QED) is 0.797. The average Bonchev–Trinajstić information content (AvgIpc) is 3.21. The largest absolute Gasteiger partial charge is 0.454 e. The Balaban J connectivity index is 1.32. The van der Waals surface area contributed by atoms with E-state index in [9.17, 15) is 4.79 Å². The lowest BCUT2D eigenvalue weighted by atomic mass is 10.1. The minimum Gasteiger partial charge on any atom is -0.454 e. The number of hydrogen-bond acceptors (Lipinski definition) is 6. The molecular weight excluding hydrogens is 340 g/mol. The van der Waals surface area contributed by atoms with E-state index in [1.807, 2.05) is 36.7 Å². The van der Waals surface area contributed by atoms with Gasteiger partial charge in [0.15, 0.2) is 16.7 Å². The summed E-state index contributed by atoms with van der Waals surface area (Å²) in [4.78, 5) is 12.3. The molecule has 1 aliphatic carbocycles. The fourth-order valence-electron chi connectivity index (χ4n) is 2.83. The normalized spacial score (nSPS) is 16.7. The van der Waals surface area contributed by atoms with Crippen LogP contribution in [0.1, 0.15) is 43.1 Å². The van der Waals surface area contributed by atoms with Gasteiger partial charge >= 0.3 is 0 Å². The molecule has 2 aliphatic rings. The SMILES string of the molecule is C[C@H](NC(=O)CSc1nnc(C2CC2)n1C)c1ccc2c(c1)OCO2. The zero-order chi connectivity index (χ0) is 17.4. The predicted octanol–water partition coefficient (Wildman–Crippen LogP) is 2.39. The van der Waals surface area contributed by atoms with Gasteiger partial charge in [0.2, 0.25) is 12.7 Å². The van der Waals surface area contributed by atoms with E-state index in [0.29, 0.717) is 11.7 Å². The summed E-state index contributed by atoms with van der Waals surface area (Å²) in [7, 11) is 1.96. The number of nitrogens with zero attached hydrogens (tertiary/aromatic N) is 3. The molecule has 1 aliphatic heterocycles. The molecule has 1 aromatic carbocycles. The van der Waals surface area contributed by atoms with Gasteiger partial charge in [-0.15, -0.1) is 10.2 Å². The van der Waals surface area contributed by atoms with E-state index >= 15 is 0 Å². The second-order valence-electron chi connectivity index (χ2n) is 6.36. The monoisotopic (exact) mass is 360 g/mol. The summed E-state index contributed by atoms with van der Waals surface area (Å²) in [6.07, 6.45) is 2.37. The van der Waals surface area contributed by atoms with Crippen molar-refractivity contribution in [3.8, 4) is 11.5 Å². The first-order chi connectivity index (χ1) is 12.1. The van der Waals surface area contributed by atoms with Crippen LogP contribution in [-0.2, 0) is 11.8 Å². The Bertz CT molecular complexity index is 803. The van der Waals surface area contributed by atoms with Crippen molar-refractivity contribution in [3.05, 3.63) is 29.6 Å². The van der Waals surface area contributed by atoms with E-state index in [1.54, 1.807) is 0 Å². The summed E-state index contributed by atoms with van der Waals surface area (Å²) in [5.74, 6) is 3.31. The molecule has 4 rings (SSSR count). The maximum absolute atomic E-state index is 12.3. The molecule has 0 saturated heterocycles. The lowest BCUT2D eigenvalue weighted by Crippen LogP contribution is -2.28. The number of rotatable bonds is 6. The lowest BCUT2D eigenvalue weighted by molar-refractivity contribution is -0.119. The zero-order valence-electron chi connectivity index (χ0n) is 14.2. The molecule has 1 saturated carbocycles. The summed E-state index contributed by atoms with van der Waals surface area (Å²) in [5, 5.41) is 12.2. The second-order valence-corrected chi connectivity index (χ2v) is 7.31. The fourth-order valence-corrected chi connectivity index (χ4v) is 3.56. The van der Waals surface area contributed by atoms with Gasteiger partial charge in [0.25, 0.3) is 0 Å². The van der Waals surface area contributed by atoms with Crippen LogP contribution < -0.4 is 14.8 Å². The standard InChI is InChI=1S/C17H20N4O3S/c1-10(12-5-6-13-14(7-12)24-9-23-13)18-15(22)8-25-17-20-19-16(21(17)2)11-3-4-11/h5-7,10-11H,3-4,8-9H2,1-2H3,(H,18,22)/t10-/m0/s1. The molecule has 132 valence electrons. The Kier molecular flexibility index (Phi) is 4.29. The maximum atomic E-state index is 12.3. The van der Waals surface area contributed by atoms with Gasteiger partial charge in [-0.1, -0.05) is 17.8 Å². The summed E-state index contributed by atoms with van der Waals surface area (Å²) in [6.45, 7) is 2.20. The van der Waals surface area contributed by atoms with Gasteiger partial charge < -0.3 is 19.4 Å². The highest BCUT2D eigenvalue weighted by atomic mass is 32.2. The first-order valence-corrected chi connectivity index (χ1v) is 9.31. The van der Waals surface area contributed by atoms with E-state index in [2.05, 4.69) is 15.5 Å². The second kappa shape index (κ2) is 6.59. The van der Waals surface area contributed by atoms with E-state index in [4.69, 9.17) is 9.47 Å². The Morgan fingerprint density at radius 1 is 1.36 bits per heavy atom. The Morgan fingerprint density at radius 3 is 2.96 bits per heavy atom. The predicted molar refractivity (Wildman–Crippen MR) is 92.8 cm³/mol. The van der Waals surface area contributed by atoms with E-state index in [0.717, 1.165) is 28.0 Å². The highest BCUT2D eigenvalue weighted by Crippen LogP contribution is 2.39. The third-order valence-corrected chi connectivity index (χ3v) is 5.44. The number of benzene rings is 1. The average molecular weight is 360 g/mol. The van der Waals surface area contributed by atoms with Crippen molar-refractivity contribution in [2.24, 2.45) is 7.05 Å². The van der Waals surface area contributed by atoms with Crippen LogP contribution >= 0.6 is 11.8 Å². The number of fused-ring (bicyclic) bond motifs is 1. The number of nitrogens with one attached hydrogen (secondary N) is 1. The molecule has 1 N–H and O–H groups in total. The van der Waals surface area contributed by atoms with Gasteiger partial charge in [-0.05, 0) is 37.5 Å². The molecule has 1 atom stereocenters. The lowest BCUT2D eigenvalue weighted by Gasteiger charge is -2.14.